The van der Waals surface area contributed by atoms with Crippen molar-refractivity contribution in [2.75, 3.05) is 39.6 Å². The van der Waals surface area contributed by atoms with Crippen LogP contribution in [0.25, 0.3) is 0 Å². The second-order valence-corrected chi connectivity index (χ2v) is 31.1. The van der Waals surface area contributed by atoms with E-state index in [0.717, 1.165) is 108 Å². The lowest BCUT2D eigenvalue weighted by Gasteiger charge is -2.21. The first-order valence-electron chi connectivity index (χ1n) is 37.7. The molecule has 0 aromatic heterocycles. The van der Waals surface area contributed by atoms with E-state index >= 15 is 0 Å². The van der Waals surface area contributed by atoms with Gasteiger partial charge in [0.2, 0.25) is 0 Å². The molecule has 3 N–H and O–H groups in total. The minimum absolute atomic E-state index is 0.102. The minimum Gasteiger partial charge on any atom is -0.462 e. The zero-order valence-corrected chi connectivity index (χ0v) is 62.0. The van der Waals surface area contributed by atoms with Gasteiger partial charge < -0.3 is 33.8 Å². The molecule has 0 bridgehead atoms. The Kier molecular flexibility index (Phi) is 61.3. The fourth-order valence-corrected chi connectivity index (χ4v) is 12.6. The number of hydrogen-bond acceptors (Lipinski definition) is 15. The number of carbonyl (C=O) groups is 4. The van der Waals surface area contributed by atoms with Crippen molar-refractivity contribution in [1.29, 1.82) is 0 Å². The molecule has 0 rings (SSSR count). The van der Waals surface area contributed by atoms with Crippen molar-refractivity contribution in [2.24, 2.45) is 23.7 Å². The average Bonchev–Trinajstić information content (AvgIpc) is 3.71. The maximum absolute atomic E-state index is 13.0. The third-order valence-corrected chi connectivity index (χ3v) is 18.7. The lowest BCUT2D eigenvalue weighted by molar-refractivity contribution is -0.161. The van der Waals surface area contributed by atoms with E-state index in [0.29, 0.717) is 37.5 Å². The van der Waals surface area contributed by atoms with E-state index < -0.39 is 97.5 Å². The van der Waals surface area contributed by atoms with Crippen molar-refractivity contribution in [2.45, 2.75) is 382 Å². The van der Waals surface area contributed by atoms with Gasteiger partial charge in [-0.2, -0.15) is 0 Å². The van der Waals surface area contributed by atoms with Crippen LogP contribution in [-0.2, 0) is 65.4 Å². The maximum Gasteiger partial charge on any atom is 0.472 e. The molecule has 92 heavy (non-hydrogen) atoms. The van der Waals surface area contributed by atoms with Crippen molar-refractivity contribution in [3.05, 3.63) is 0 Å². The van der Waals surface area contributed by atoms with Gasteiger partial charge >= 0.3 is 39.5 Å². The van der Waals surface area contributed by atoms with Gasteiger partial charge in [-0.25, -0.2) is 9.13 Å². The Bertz CT molecular complexity index is 1820. The van der Waals surface area contributed by atoms with Gasteiger partial charge in [0.05, 0.1) is 26.4 Å². The van der Waals surface area contributed by atoms with Gasteiger partial charge in [0.1, 0.15) is 19.3 Å². The van der Waals surface area contributed by atoms with E-state index in [9.17, 15) is 43.2 Å². The van der Waals surface area contributed by atoms with Crippen molar-refractivity contribution < 1.29 is 80.2 Å². The first-order chi connectivity index (χ1) is 44.1. The number of aliphatic hydroxyl groups is 1. The van der Waals surface area contributed by atoms with E-state index in [2.05, 4.69) is 55.4 Å². The Morgan fingerprint density at radius 1 is 0.272 bits per heavy atom. The van der Waals surface area contributed by atoms with E-state index in [-0.39, 0.29) is 25.7 Å². The highest BCUT2D eigenvalue weighted by Crippen LogP contribution is 2.45. The quantitative estimate of drug-likeness (QED) is 0.0222. The summed E-state index contributed by atoms with van der Waals surface area (Å²) in [4.78, 5) is 72.6. The third kappa shape index (κ3) is 66.7. The summed E-state index contributed by atoms with van der Waals surface area (Å²) in [5.74, 6) is 0.824. The van der Waals surface area contributed by atoms with Gasteiger partial charge in [-0.05, 0) is 49.4 Å². The van der Waals surface area contributed by atoms with E-state index in [4.69, 9.17) is 37.0 Å². The molecule has 0 aromatic carbocycles. The van der Waals surface area contributed by atoms with Crippen LogP contribution in [0, 0.1) is 23.7 Å². The highest BCUT2D eigenvalue weighted by molar-refractivity contribution is 7.47. The molecule has 0 spiro atoms. The fraction of sp³-hybridized carbons (Fsp3) is 0.945. The zero-order valence-electron chi connectivity index (χ0n) is 60.2. The molecule has 0 aliphatic heterocycles. The highest BCUT2D eigenvalue weighted by Gasteiger charge is 2.30. The predicted octanol–water partition coefficient (Wildman–Crippen LogP) is 20.9. The number of aliphatic hydroxyl groups excluding tert-OH is 1. The Hall–Kier alpha value is -1.94. The topological polar surface area (TPSA) is 237 Å². The molecule has 546 valence electrons. The smallest absolute Gasteiger partial charge is 0.462 e. The van der Waals surface area contributed by atoms with Crippen LogP contribution in [0.2, 0.25) is 0 Å². The van der Waals surface area contributed by atoms with E-state index in [1.54, 1.807) is 0 Å². The summed E-state index contributed by atoms with van der Waals surface area (Å²) in [5, 5.41) is 10.6. The van der Waals surface area contributed by atoms with Gasteiger partial charge in [0, 0.05) is 25.7 Å². The Morgan fingerprint density at radius 3 is 0.674 bits per heavy atom. The summed E-state index contributed by atoms with van der Waals surface area (Å²) >= 11 is 0. The molecule has 0 fully saturated rings. The maximum atomic E-state index is 13.0. The zero-order chi connectivity index (χ0) is 68.2. The molecule has 3 unspecified atom stereocenters. The van der Waals surface area contributed by atoms with Crippen LogP contribution in [0.3, 0.4) is 0 Å². The second-order valence-electron chi connectivity index (χ2n) is 28.2. The fourth-order valence-electron chi connectivity index (χ4n) is 11.0. The molecule has 19 heteroatoms. The number of hydrogen-bond donors (Lipinski definition) is 3. The number of ether oxygens (including phenoxy) is 4. The summed E-state index contributed by atoms with van der Waals surface area (Å²) in [6, 6.07) is 0. The molecule has 0 aromatic rings. The standard InChI is InChI=1S/C73H142O17P2/c1-63(2)49-41-33-25-20-16-13-11-9-10-12-14-18-23-29-39-47-55-72(77)89-68(59-84-71(76)54-46-38-30-24-27-35-43-51-65(5)6)61-87-91(79,80)85-57-67(74)58-86-92(81,82)88-62-69(90-73(78)56-48-40-32-31-36-44-52-66(7)8)60-83-70(75)53-45-37-28-22-19-15-17-21-26-34-42-50-64(3)4/h63-69,74H,9-62H2,1-8H3,(H,79,80)(H,81,82)/t67?,68-,69-/m1/s1. The number of phosphoric acid groups is 2. The Balaban J connectivity index is 5.18. The first kappa shape index (κ1) is 90.1. The number of phosphoric ester groups is 2. The largest absolute Gasteiger partial charge is 0.472 e. The molecule has 17 nitrogen and oxygen atoms in total. The van der Waals surface area contributed by atoms with Crippen molar-refractivity contribution in [3.63, 3.8) is 0 Å². The second kappa shape index (κ2) is 62.6. The van der Waals surface area contributed by atoms with Gasteiger partial charge in [-0.15, -0.1) is 0 Å². The predicted molar refractivity (Wildman–Crippen MR) is 372 cm³/mol. The highest BCUT2D eigenvalue weighted by atomic mass is 31.2. The summed E-state index contributed by atoms with van der Waals surface area (Å²) in [6.07, 6.45) is 46.1. The number of carbonyl (C=O) groups excluding carboxylic acids is 4. The van der Waals surface area contributed by atoms with Gasteiger partial charge in [0.15, 0.2) is 12.2 Å². The van der Waals surface area contributed by atoms with E-state index in [1.807, 2.05) is 0 Å². The molecular formula is C73H142O17P2. The SMILES string of the molecule is CC(C)CCCCCCCCCCCCCCCCCCC(=O)O[C@H](COC(=O)CCCCCCCCCC(C)C)COP(=O)(O)OCC(O)COP(=O)(O)OC[C@@H](COC(=O)CCCCCCCCCCCCCC(C)C)OC(=O)CCCCCCCCC(C)C. The Morgan fingerprint density at radius 2 is 0.457 bits per heavy atom. The van der Waals surface area contributed by atoms with Crippen LogP contribution in [0.5, 0.6) is 0 Å². The normalized spacial score (nSPS) is 14.2. The monoisotopic (exact) mass is 1350 g/mol. The van der Waals surface area contributed by atoms with Crippen LogP contribution in [0.1, 0.15) is 364 Å². The molecule has 5 atom stereocenters. The van der Waals surface area contributed by atoms with Crippen molar-refractivity contribution in [1.82, 2.24) is 0 Å². The van der Waals surface area contributed by atoms with Gasteiger partial charge in [-0.3, -0.25) is 37.3 Å². The summed E-state index contributed by atoms with van der Waals surface area (Å²) in [7, 11) is -9.90. The number of rotatable bonds is 70. The minimum atomic E-state index is -4.95. The Labute approximate surface area is 562 Å². The molecule has 0 saturated carbocycles. The number of unbranched alkanes of at least 4 members (excludes halogenated alkanes) is 36. The molecule has 0 aliphatic rings. The van der Waals surface area contributed by atoms with Crippen LogP contribution in [-0.4, -0.2) is 96.7 Å². The number of esters is 4. The molecule has 0 aliphatic carbocycles. The van der Waals surface area contributed by atoms with Crippen LogP contribution in [0.15, 0.2) is 0 Å². The summed E-state index contributed by atoms with van der Waals surface area (Å²) < 4.78 is 68.3. The average molecular weight is 1350 g/mol. The molecule has 0 amide bonds. The van der Waals surface area contributed by atoms with Crippen molar-refractivity contribution in [3.8, 4) is 0 Å². The molecular weight excluding hydrogens is 1210 g/mol. The lowest BCUT2D eigenvalue weighted by atomic mass is 10.0. The molecule has 0 heterocycles. The van der Waals surface area contributed by atoms with Crippen LogP contribution >= 0.6 is 15.6 Å². The van der Waals surface area contributed by atoms with Crippen LogP contribution < -0.4 is 0 Å². The summed E-state index contributed by atoms with van der Waals surface area (Å²) in [5.41, 5.74) is 0. The van der Waals surface area contributed by atoms with Crippen LogP contribution in [0.4, 0.5) is 0 Å². The third-order valence-electron chi connectivity index (χ3n) is 16.8. The van der Waals surface area contributed by atoms with E-state index in [1.165, 1.54) is 161 Å². The lowest BCUT2D eigenvalue weighted by Crippen LogP contribution is -2.30. The summed E-state index contributed by atoms with van der Waals surface area (Å²) in [6.45, 7) is 14.1. The molecule has 0 saturated heterocycles. The van der Waals surface area contributed by atoms with Gasteiger partial charge in [0.25, 0.3) is 0 Å². The first-order valence-corrected chi connectivity index (χ1v) is 40.7. The molecule has 0 radical (unpaired) electrons. The van der Waals surface area contributed by atoms with Gasteiger partial charge in [-0.1, -0.05) is 312 Å². The van der Waals surface area contributed by atoms with Crippen molar-refractivity contribution >= 4 is 39.5 Å².